The number of aliphatic hydroxyl groups is 1. The van der Waals surface area contributed by atoms with E-state index in [9.17, 15) is 5.11 Å². The first-order valence-corrected chi connectivity index (χ1v) is 6.37. The van der Waals surface area contributed by atoms with Gasteiger partial charge < -0.3 is 10.4 Å². The van der Waals surface area contributed by atoms with Crippen molar-refractivity contribution in [2.75, 3.05) is 6.61 Å². The Morgan fingerprint density at radius 3 is 2.29 bits per heavy atom. The zero-order valence-electron chi connectivity index (χ0n) is 11.7. The summed E-state index contributed by atoms with van der Waals surface area (Å²) >= 11 is 0. The third kappa shape index (κ3) is 3.55. The number of benzene rings is 1. The fourth-order valence-electron chi connectivity index (χ4n) is 1.96. The van der Waals surface area contributed by atoms with Crippen LogP contribution in [0.5, 0.6) is 0 Å². The average Bonchev–Trinajstić information content (AvgIpc) is 2.29. The molecular formula is C15H25NO. The minimum absolute atomic E-state index is 0.177. The van der Waals surface area contributed by atoms with E-state index in [0.29, 0.717) is 5.92 Å². The lowest BCUT2D eigenvalue weighted by molar-refractivity contribution is 0.210. The molecule has 0 aliphatic carbocycles. The lowest BCUT2D eigenvalue weighted by Crippen LogP contribution is -2.36. The fourth-order valence-corrected chi connectivity index (χ4v) is 1.96. The monoisotopic (exact) mass is 235 g/mol. The van der Waals surface area contributed by atoms with Crippen molar-refractivity contribution in [1.82, 2.24) is 5.32 Å². The number of hydrogen-bond donors (Lipinski definition) is 2. The van der Waals surface area contributed by atoms with Crippen molar-refractivity contribution in [3.63, 3.8) is 0 Å². The average molecular weight is 235 g/mol. The maximum absolute atomic E-state index is 9.28. The molecule has 0 saturated heterocycles. The lowest BCUT2D eigenvalue weighted by atomic mass is 9.98. The van der Waals surface area contributed by atoms with E-state index in [2.05, 4.69) is 52.1 Å². The van der Waals surface area contributed by atoms with E-state index >= 15 is 0 Å². The largest absolute Gasteiger partial charge is 0.395 e. The Hall–Kier alpha value is -0.860. The van der Waals surface area contributed by atoms with Gasteiger partial charge in [0, 0.05) is 12.6 Å². The summed E-state index contributed by atoms with van der Waals surface area (Å²) in [6, 6.07) is 4.53. The molecule has 0 bridgehead atoms. The first-order chi connectivity index (χ1) is 7.97. The summed E-state index contributed by atoms with van der Waals surface area (Å²) in [5.74, 6) is 0.451. The highest BCUT2D eigenvalue weighted by Gasteiger charge is 2.12. The number of hydrogen-bond acceptors (Lipinski definition) is 2. The molecule has 0 heterocycles. The molecule has 0 aromatic heterocycles. The lowest BCUT2D eigenvalue weighted by Gasteiger charge is -2.21. The SMILES string of the molecule is Cc1ccc(CNC(CO)C(C)C)c(C)c1C. The molecule has 1 atom stereocenters. The van der Waals surface area contributed by atoms with Gasteiger partial charge in [-0.3, -0.25) is 0 Å². The van der Waals surface area contributed by atoms with Gasteiger partial charge in [0.25, 0.3) is 0 Å². The Labute approximate surface area is 105 Å². The highest BCUT2D eigenvalue weighted by molar-refractivity contribution is 5.38. The van der Waals surface area contributed by atoms with Gasteiger partial charge >= 0.3 is 0 Å². The molecule has 2 N–H and O–H groups in total. The van der Waals surface area contributed by atoms with Crippen molar-refractivity contribution < 1.29 is 5.11 Å². The smallest absolute Gasteiger partial charge is 0.0587 e. The second-order valence-electron chi connectivity index (χ2n) is 5.21. The molecule has 0 aliphatic rings. The van der Waals surface area contributed by atoms with Crippen LogP contribution in [0.15, 0.2) is 12.1 Å². The standard InChI is InChI=1S/C15H25NO/c1-10(2)15(9-17)16-8-14-7-6-11(3)12(4)13(14)5/h6-7,10,15-17H,8-9H2,1-5H3. The van der Waals surface area contributed by atoms with E-state index in [1.807, 2.05) is 0 Å². The topological polar surface area (TPSA) is 32.3 Å². The number of aliphatic hydroxyl groups excluding tert-OH is 1. The van der Waals surface area contributed by atoms with Crippen LogP contribution in [0, 0.1) is 26.7 Å². The van der Waals surface area contributed by atoms with Crippen LogP contribution in [0.25, 0.3) is 0 Å². The van der Waals surface area contributed by atoms with Gasteiger partial charge in [-0.05, 0) is 48.9 Å². The van der Waals surface area contributed by atoms with E-state index in [0.717, 1.165) is 6.54 Å². The Kier molecular flexibility index (Phi) is 5.16. The normalized spacial score (nSPS) is 13.1. The minimum atomic E-state index is 0.177. The van der Waals surface area contributed by atoms with Crippen LogP contribution in [0.2, 0.25) is 0 Å². The predicted molar refractivity (Wildman–Crippen MR) is 73.2 cm³/mol. The molecule has 0 fully saturated rings. The Morgan fingerprint density at radius 1 is 1.12 bits per heavy atom. The second-order valence-corrected chi connectivity index (χ2v) is 5.21. The highest BCUT2D eigenvalue weighted by Crippen LogP contribution is 2.17. The van der Waals surface area contributed by atoms with Crippen molar-refractivity contribution >= 4 is 0 Å². The summed E-state index contributed by atoms with van der Waals surface area (Å²) in [5.41, 5.74) is 5.40. The molecule has 0 spiro atoms. The molecule has 2 nitrogen and oxygen atoms in total. The molecule has 0 radical (unpaired) electrons. The molecule has 1 aromatic carbocycles. The fraction of sp³-hybridized carbons (Fsp3) is 0.600. The van der Waals surface area contributed by atoms with Crippen molar-refractivity contribution in [3.8, 4) is 0 Å². The van der Waals surface area contributed by atoms with Crippen LogP contribution < -0.4 is 5.32 Å². The molecule has 0 saturated carbocycles. The number of nitrogens with one attached hydrogen (secondary N) is 1. The van der Waals surface area contributed by atoms with Crippen molar-refractivity contribution in [1.29, 1.82) is 0 Å². The number of rotatable bonds is 5. The maximum Gasteiger partial charge on any atom is 0.0587 e. The summed E-state index contributed by atoms with van der Waals surface area (Å²) in [6.45, 7) is 11.8. The van der Waals surface area contributed by atoms with Gasteiger partial charge in [-0.2, -0.15) is 0 Å². The quantitative estimate of drug-likeness (QED) is 0.822. The van der Waals surface area contributed by atoms with Crippen LogP contribution in [0.1, 0.15) is 36.1 Å². The van der Waals surface area contributed by atoms with Crippen molar-refractivity contribution in [3.05, 3.63) is 34.4 Å². The van der Waals surface area contributed by atoms with Crippen molar-refractivity contribution in [2.45, 2.75) is 47.2 Å². The molecule has 0 amide bonds. The van der Waals surface area contributed by atoms with Gasteiger partial charge in [-0.25, -0.2) is 0 Å². The third-order valence-electron chi connectivity index (χ3n) is 3.73. The van der Waals surface area contributed by atoms with E-state index in [1.54, 1.807) is 0 Å². The maximum atomic E-state index is 9.28. The van der Waals surface area contributed by atoms with Crippen LogP contribution in [-0.2, 0) is 6.54 Å². The first kappa shape index (κ1) is 14.2. The van der Waals surface area contributed by atoms with Gasteiger partial charge in [0.1, 0.15) is 0 Å². The Balaban J connectivity index is 2.73. The zero-order valence-corrected chi connectivity index (χ0v) is 11.7. The summed E-state index contributed by atoms with van der Waals surface area (Å²) in [5, 5.41) is 12.7. The Morgan fingerprint density at radius 2 is 1.76 bits per heavy atom. The summed E-state index contributed by atoms with van der Waals surface area (Å²) < 4.78 is 0. The van der Waals surface area contributed by atoms with Crippen LogP contribution in [0.4, 0.5) is 0 Å². The van der Waals surface area contributed by atoms with E-state index in [1.165, 1.54) is 22.3 Å². The summed E-state index contributed by atoms with van der Waals surface area (Å²) in [7, 11) is 0. The summed E-state index contributed by atoms with van der Waals surface area (Å²) in [4.78, 5) is 0. The second kappa shape index (κ2) is 6.18. The molecular weight excluding hydrogens is 210 g/mol. The Bertz CT molecular complexity index is 371. The van der Waals surface area contributed by atoms with Crippen molar-refractivity contribution in [2.24, 2.45) is 5.92 Å². The predicted octanol–water partition coefficient (Wildman–Crippen LogP) is 2.72. The molecule has 0 aliphatic heterocycles. The van der Waals surface area contributed by atoms with Gasteiger partial charge in [-0.15, -0.1) is 0 Å². The molecule has 1 unspecified atom stereocenters. The molecule has 17 heavy (non-hydrogen) atoms. The van der Waals surface area contributed by atoms with Crippen LogP contribution >= 0.6 is 0 Å². The molecule has 96 valence electrons. The first-order valence-electron chi connectivity index (χ1n) is 6.37. The van der Waals surface area contributed by atoms with Gasteiger partial charge in [0.05, 0.1) is 6.61 Å². The third-order valence-corrected chi connectivity index (χ3v) is 3.73. The van der Waals surface area contributed by atoms with E-state index < -0.39 is 0 Å². The van der Waals surface area contributed by atoms with Crippen LogP contribution in [-0.4, -0.2) is 17.8 Å². The van der Waals surface area contributed by atoms with Gasteiger partial charge in [0.2, 0.25) is 0 Å². The van der Waals surface area contributed by atoms with Gasteiger partial charge in [0.15, 0.2) is 0 Å². The molecule has 1 rings (SSSR count). The van der Waals surface area contributed by atoms with E-state index in [4.69, 9.17) is 0 Å². The van der Waals surface area contributed by atoms with E-state index in [-0.39, 0.29) is 12.6 Å². The minimum Gasteiger partial charge on any atom is -0.395 e. The highest BCUT2D eigenvalue weighted by atomic mass is 16.3. The van der Waals surface area contributed by atoms with Crippen LogP contribution in [0.3, 0.4) is 0 Å². The summed E-state index contributed by atoms with van der Waals surface area (Å²) in [6.07, 6.45) is 0. The zero-order chi connectivity index (χ0) is 13.0. The van der Waals surface area contributed by atoms with Gasteiger partial charge in [-0.1, -0.05) is 26.0 Å². The molecule has 2 heteroatoms. The molecule has 1 aromatic rings. The number of aryl methyl sites for hydroxylation is 1.